The highest BCUT2D eigenvalue weighted by atomic mass is 79.9. The summed E-state index contributed by atoms with van der Waals surface area (Å²) in [6.45, 7) is 2.14. The summed E-state index contributed by atoms with van der Waals surface area (Å²) in [7, 11) is 0. The molecule has 0 spiro atoms. The number of hydrogen-bond donors (Lipinski definition) is 2. The molecule has 0 bridgehead atoms. The predicted octanol–water partition coefficient (Wildman–Crippen LogP) is 2.26. The number of halogens is 2. The van der Waals surface area contributed by atoms with Gasteiger partial charge in [-0.2, -0.15) is 0 Å². The Hall–Kier alpha value is -1.66. The van der Waals surface area contributed by atoms with Crippen LogP contribution in [0, 0.1) is 5.82 Å². The molecule has 20 heavy (non-hydrogen) atoms. The number of rotatable bonds is 2. The van der Waals surface area contributed by atoms with E-state index in [2.05, 4.69) is 21.2 Å². The summed E-state index contributed by atoms with van der Waals surface area (Å²) in [4.78, 5) is 11.8. The lowest BCUT2D eigenvalue weighted by Gasteiger charge is -2.17. The van der Waals surface area contributed by atoms with Gasteiger partial charge in [0, 0.05) is 30.9 Å². The zero-order valence-electron chi connectivity index (χ0n) is 10.6. The topological polar surface area (TPSA) is 60.1 Å². The summed E-state index contributed by atoms with van der Waals surface area (Å²) in [5.41, 5.74) is 8.14. The Morgan fingerprint density at radius 3 is 2.95 bits per heavy atom. The predicted molar refractivity (Wildman–Crippen MR) is 77.8 cm³/mol. The monoisotopic (exact) mass is 337 g/mol. The van der Waals surface area contributed by atoms with Crippen molar-refractivity contribution in [2.75, 3.05) is 6.54 Å². The van der Waals surface area contributed by atoms with Crippen LogP contribution in [0.15, 0.2) is 28.9 Å². The summed E-state index contributed by atoms with van der Waals surface area (Å²) < 4.78 is 16.2. The summed E-state index contributed by atoms with van der Waals surface area (Å²) >= 11 is 3.52. The lowest BCUT2D eigenvalue weighted by molar-refractivity contribution is 0.0999. The molecule has 3 rings (SSSR count). The van der Waals surface area contributed by atoms with Crippen LogP contribution in [0.1, 0.15) is 16.1 Å². The summed E-state index contributed by atoms with van der Waals surface area (Å²) in [5, 5.41) is 3.22. The van der Waals surface area contributed by atoms with Crippen molar-refractivity contribution in [2.24, 2.45) is 5.73 Å². The van der Waals surface area contributed by atoms with Gasteiger partial charge in [0.05, 0.1) is 10.2 Å². The standard InChI is InChI=1S/C14H13BrFN3O/c15-13-11(8-2-1-3-9(16)6-8)12(14(17)20)10-7-18-4-5-19(10)13/h1-3,6,18H,4-5,7H2,(H2,17,20). The van der Waals surface area contributed by atoms with Crippen LogP contribution in [0.5, 0.6) is 0 Å². The molecule has 2 aromatic rings. The highest BCUT2D eigenvalue weighted by Crippen LogP contribution is 2.37. The number of carbonyl (C=O) groups excluding carboxylic acids is 1. The first kappa shape index (κ1) is 13.3. The largest absolute Gasteiger partial charge is 0.366 e. The highest BCUT2D eigenvalue weighted by Gasteiger charge is 2.27. The van der Waals surface area contributed by atoms with Crippen LogP contribution < -0.4 is 11.1 Å². The Bertz CT molecular complexity index is 696. The van der Waals surface area contributed by atoms with Crippen molar-refractivity contribution < 1.29 is 9.18 Å². The smallest absolute Gasteiger partial charge is 0.251 e. The minimum Gasteiger partial charge on any atom is -0.366 e. The average Bonchev–Trinajstić information content (AvgIpc) is 2.73. The molecule has 1 aliphatic rings. The molecule has 0 atom stereocenters. The molecule has 0 unspecified atom stereocenters. The first-order valence-corrected chi connectivity index (χ1v) is 7.06. The number of carbonyl (C=O) groups is 1. The van der Waals surface area contributed by atoms with Gasteiger partial charge in [-0.1, -0.05) is 12.1 Å². The van der Waals surface area contributed by atoms with Crippen molar-refractivity contribution in [2.45, 2.75) is 13.1 Å². The molecule has 3 N–H and O–H groups in total. The number of primary amides is 1. The van der Waals surface area contributed by atoms with Crippen molar-refractivity contribution in [1.82, 2.24) is 9.88 Å². The molecule has 104 valence electrons. The van der Waals surface area contributed by atoms with E-state index in [1.165, 1.54) is 12.1 Å². The van der Waals surface area contributed by atoms with Gasteiger partial charge >= 0.3 is 0 Å². The Balaban J connectivity index is 2.29. The van der Waals surface area contributed by atoms with Crippen LogP contribution in [-0.4, -0.2) is 17.0 Å². The van der Waals surface area contributed by atoms with Crippen LogP contribution in [0.4, 0.5) is 4.39 Å². The Labute approximate surface area is 123 Å². The summed E-state index contributed by atoms with van der Waals surface area (Å²) in [5.74, 6) is -0.838. The van der Waals surface area contributed by atoms with Crippen LogP contribution in [-0.2, 0) is 13.1 Å². The van der Waals surface area contributed by atoms with Gasteiger partial charge in [0.25, 0.3) is 5.91 Å². The number of nitrogens with two attached hydrogens (primary N) is 1. The zero-order valence-corrected chi connectivity index (χ0v) is 12.2. The maximum atomic E-state index is 13.5. The molecule has 0 fully saturated rings. The fourth-order valence-electron chi connectivity index (χ4n) is 2.62. The van der Waals surface area contributed by atoms with Crippen molar-refractivity contribution in [1.29, 1.82) is 0 Å². The number of aromatic nitrogens is 1. The lowest BCUT2D eigenvalue weighted by Crippen LogP contribution is -2.29. The molecule has 0 saturated carbocycles. The average molecular weight is 338 g/mol. The summed E-state index contributed by atoms with van der Waals surface area (Å²) in [6, 6.07) is 6.18. The van der Waals surface area contributed by atoms with Gasteiger partial charge < -0.3 is 15.6 Å². The maximum Gasteiger partial charge on any atom is 0.251 e. The summed E-state index contributed by atoms with van der Waals surface area (Å²) in [6.07, 6.45) is 0. The van der Waals surface area contributed by atoms with E-state index in [-0.39, 0.29) is 5.82 Å². The van der Waals surface area contributed by atoms with Crippen LogP contribution >= 0.6 is 15.9 Å². The molecule has 6 heteroatoms. The molecular formula is C14H13BrFN3O. The highest BCUT2D eigenvalue weighted by molar-refractivity contribution is 9.10. The minimum atomic E-state index is -0.498. The van der Waals surface area contributed by atoms with Crippen molar-refractivity contribution in [3.63, 3.8) is 0 Å². The van der Waals surface area contributed by atoms with Crippen LogP contribution in [0.2, 0.25) is 0 Å². The van der Waals surface area contributed by atoms with E-state index in [0.717, 1.165) is 23.4 Å². The van der Waals surface area contributed by atoms with E-state index < -0.39 is 5.91 Å². The van der Waals surface area contributed by atoms with E-state index in [1.807, 2.05) is 4.57 Å². The van der Waals surface area contributed by atoms with Gasteiger partial charge in [-0.3, -0.25) is 4.79 Å². The fraction of sp³-hybridized carbons (Fsp3) is 0.214. The third-order valence-electron chi connectivity index (χ3n) is 3.47. The second-order valence-electron chi connectivity index (χ2n) is 4.69. The quantitative estimate of drug-likeness (QED) is 0.882. The fourth-order valence-corrected chi connectivity index (χ4v) is 3.44. The van der Waals surface area contributed by atoms with E-state index in [4.69, 9.17) is 5.73 Å². The third-order valence-corrected chi connectivity index (χ3v) is 4.30. The Kier molecular flexibility index (Phi) is 3.35. The third kappa shape index (κ3) is 2.05. The second kappa shape index (κ2) is 5.03. The molecule has 2 heterocycles. The first-order valence-electron chi connectivity index (χ1n) is 6.27. The zero-order chi connectivity index (χ0) is 14.3. The van der Waals surface area contributed by atoms with E-state index in [9.17, 15) is 9.18 Å². The second-order valence-corrected chi connectivity index (χ2v) is 5.44. The Morgan fingerprint density at radius 1 is 1.45 bits per heavy atom. The molecule has 1 aromatic carbocycles. The molecule has 1 aromatic heterocycles. The molecule has 0 saturated heterocycles. The first-order chi connectivity index (χ1) is 9.59. The normalized spacial score (nSPS) is 14.1. The maximum absolute atomic E-state index is 13.5. The van der Waals surface area contributed by atoms with Crippen molar-refractivity contribution in [3.05, 3.63) is 45.9 Å². The van der Waals surface area contributed by atoms with Gasteiger partial charge in [0.1, 0.15) is 5.82 Å². The van der Waals surface area contributed by atoms with Crippen molar-refractivity contribution >= 4 is 21.8 Å². The molecule has 1 aliphatic heterocycles. The van der Waals surface area contributed by atoms with Crippen LogP contribution in [0.25, 0.3) is 11.1 Å². The van der Waals surface area contributed by atoms with Gasteiger partial charge in [0.2, 0.25) is 0 Å². The van der Waals surface area contributed by atoms with E-state index in [0.29, 0.717) is 23.2 Å². The molecule has 0 aliphatic carbocycles. The van der Waals surface area contributed by atoms with Gasteiger partial charge in [-0.25, -0.2) is 4.39 Å². The number of amides is 1. The lowest BCUT2D eigenvalue weighted by atomic mass is 10.0. The number of hydrogen-bond acceptors (Lipinski definition) is 2. The number of benzene rings is 1. The van der Waals surface area contributed by atoms with E-state index in [1.54, 1.807) is 12.1 Å². The molecule has 0 radical (unpaired) electrons. The van der Waals surface area contributed by atoms with Gasteiger partial charge in [-0.05, 0) is 33.6 Å². The number of fused-ring (bicyclic) bond motifs is 1. The molecule has 1 amide bonds. The van der Waals surface area contributed by atoms with Crippen LogP contribution in [0.3, 0.4) is 0 Å². The SMILES string of the molecule is NC(=O)c1c(-c2cccc(F)c2)c(Br)n2c1CNCC2. The number of nitrogens with one attached hydrogen (secondary N) is 1. The molecular weight excluding hydrogens is 325 g/mol. The van der Waals surface area contributed by atoms with Crippen molar-refractivity contribution in [3.8, 4) is 11.1 Å². The minimum absolute atomic E-state index is 0.341. The van der Waals surface area contributed by atoms with E-state index >= 15 is 0 Å². The van der Waals surface area contributed by atoms with Gasteiger partial charge in [-0.15, -0.1) is 0 Å². The molecule has 4 nitrogen and oxygen atoms in total. The Morgan fingerprint density at radius 2 is 2.25 bits per heavy atom. The van der Waals surface area contributed by atoms with Gasteiger partial charge in [0.15, 0.2) is 0 Å². The number of nitrogens with zero attached hydrogens (tertiary/aromatic N) is 1.